The Morgan fingerprint density at radius 1 is 1.31 bits per heavy atom. The van der Waals surface area contributed by atoms with Crippen molar-refractivity contribution in [2.24, 2.45) is 0 Å². The highest BCUT2D eigenvalue weighted by atomic mass is 35.5. The Kier molecular flexibility index (Phi) is 4.58. The van der Waals surface area contributed by atoms with E-state index in [1.165, 1.54) is 5.56 Å². The Labute approximate surface area is 84.7 Å². The molecule has 0 fully saturated rings. The van der Waals surface area contributed by atoms with Crippen molar-refractivity contribution in [1.29, 1.82) is 0 Å². The van der Waals surface area contributed by atoms with Gasteiger partial charge in [0.2, 0.25) is 0 Å². The molecule has 0 aliphatic rings. The molecule has 0 aliphatic carbocycles. The van der Waals surface area contributed by atoms with Crippen molar-refractivity contribution in [2.45, 2.75) is 6.42 Å². The molecule has 70 valence electrons. The Bertz CT molecular complexity index is 246. The SMILES string of the molecule is C=CCN(Cl)CCc1ccccc1. The molecule has 1 nitrogen and oxygen atoms in total. The molecule has 0 aliphatic heterocycles. The predicted octanol–water partition coefficient (Wildman–Crippen LogP) is 2.87. The van der Waals surface area contributed by atoms with Crippen LogP contribution < -0.4 is 0 Å². The maximum atomic E-state index is 5.89. The summed E-state index contributed by atoms with van der Waals surface area (Å²) in [6.07, 6.45) is 2.79. The van der Waals surface area contributed by atoms with E-state index in [-0.39, 0.29) is 0 Å². The van der Waals surface area contributed by atoms with Gasteiger partial charge in [0.05, 0.1) is 0 Å². The third-order valence-corrected chi connectivity index (χ3v) is 2.12. The third kappa shape index (κ3) is 4.11. The summed E-state index contributed by atoms with van der Waals surface area (Å²) >= 11 is 5.89. The average Bonchev–Trinajstić information content (AvgIpc) is 2.17. The minimum Gasteiger partial charge on any atom is -0.216 e. The zero-order valence-electron chi connectivity index (χ0n) is 7.62. The fourth-order valence-corrected chi connectivity index (χ4v) is 1.31. The van der Waals surface area contributed by atoms with E-state index in [9.17, 15) is 0 Å². The molecule has 0 bridgehead atoms. The van der Waals surface area contributed by atoms with E-state index in [1.807, 2.05) is 18.2 Å². The molecule has 0 radical (unpaired) electrons. The van der Waals surface area contributed by atoms with Crippen LogP contribution in [0.5, 0.6) is 0 Å². The molecule has 0 aromatic heterocycles. The fraction of sp³-hybridized carbons (Fsp3) is 0.273. The second kappa shape index (κ2) is 5.79. The lowest BCUT2D eigenvalue weighted by Gasteiger charge is -2.10. The highest BCUT2D eigenvalue weighted by Crippen LogP contribution is 2.02. The van der Waals surface area contributed by atoms with Crippen molar-refractivity contribution in [3.63, 3.8) is 0 Å². The van der Waals surface area contributed by atoms with Gasteiger partial charge in [0.1, 0.15) is 0 Å². The van der Waals surface area contributed by atoms with Gasteiger partial charge in [0, 0.05) is 13.1 Å². The van der Waals surface area contributed by atoms with E-state index in [2.05, 4.69) is 18.7 Å². The molecule has 0 saturated heterocycles. The van der Waals surface area contributed by atoms with Crippen LogP contribution in [-0.4, -0.2) is 17.5 Å². The summed E-state index contributed by atoms with van der Waals surface area (Å²) in [5.74, 6) is 0. The lowest BCUT2D eigenvalue weighted by molar-refractivity contribution is 0.506. The number of rotatable bonds is 5. The number of hydrogen-bond donors (Lipinski definition) is 0. The molecule has 0 atom stereocenters. The zero-order valence-corrected chi connectivity index (χ0v) is 8.37. The summed E-state index contributed by atoms with van der Waals surface area (Å²) in [7, 11) is 0. The quantitative estimate of drug-likeness (QED) is 0.516. The molecule has 0 saturated carbocycles. The van der Waals surface area contributed by atoms with Gasteiger partial charge in [-0.05, 0) is 23.8 Å². The van der Waals surface area contributed by atoms with Crippen molar-refractivity contribution in [3.05, 3.63) is 48.6 Å². The standard InChI is InChI=1S/C11H14ClN/c1-2-9-13(12)10-8-11-6-4-3-5-7-11/h2-7H,1,8-10H2. The van der Waals surface area contributed by atoms with Gasteiger partial charge in [0.15, 0.2) is 0 Å². The number of hydrogen-bond acceptors (Lipinski definition) is 1. The summed E-state index contributed by atoms with van der Waals surface area (Å²) in [6, 6.07) is 10.3. The lowest BCUT2D eigenvalue weighted by Crippen LogP contribution is -2.15. The number of nitrogens with zero attached hydrogens (tertiary/aromatic N) is 1. The van der Waals surface area contributed by atoms with E-state index in [0.717, 1.165) is 19.5 Å². The van der Waals surface area contributed by atoms with Crippen LogP contribution in [0.15, 0.2) is 43.0 Å². The normalized spacial score (nSPS) is 10.3. The van der Waals surface area contributed by atoms with Gasteiger partial charge in [-0.15, -0.1) is 6.58 Å². The van der Waals surface area contributed by atoms with E-state index in [4.69, 9.17) is 11.8 Å². The van der Waals surface area contributed by atoms with E-state index in [0.29, 0.717) is 0 Å². The van der Waals surface area contributed by atoms with Crippen molar-refractivity contribution in [3.8, 4) is 0 Å². The molecule has 1 aromatic carbocycles. The van der Waals surface area contributed by atoms with Crippen molar-refractivity contribution in [2.75, 3.05) is 13.1 Å². The summed E-state index contributed by atoms with van der Waals surface area (Å²) in [4.78, 5) is 0. The van der Waals surface area contributed by atoms with Crippen LogP contribution in [0.3, 0.4) is 0 Å². The first kappa shape index (κ1) is 10.3. The molecule has 0 spiro atoms. The summed E-state index contributed by atoms with van der Waals surface area (Å²) in [6.45, 7) is 5.22. The molecule has 0 unspecified atom stereocenters. The first-order valence-electron chi connectivity index (χ1n) is 4.38. The topological polar surface area (TPSA) is 3.24 Å². The molecule has 13 heavy (non-hydrogen) atoms. The number of halogens is 1. The first-order valence-corrected chi connectivity index (χ1v) is 4.72. The minimum atomic E-state index is 0.731. The monoisotopic (exact) mass is 195 g/mol. The zero-order chi connectivity index (χ0) is 9.52. The Morgan fingerprint density at radius 2 is 2.00 bits per heavy atom. The molecule has 0 heterocycles. The summed E-state index contributed by atoms with van der Waals surface area (Å²) in [5.41, 5.74) is 1.32. The van der Waals surface area contributed by atoms with E-state index >= 15 is 0 Å². The third-order valence-electron chi connectivity index (χ3n) is 1.81. The van der Waals surface area contributed by atoms with Crippen LogP contribution in [0.2, 0.25) is 0 Å². The predicted molar refractivity (Wildman–Crippen MR) is 57.8 cm³/mol. The second-order valence-corrected chi connectivity index (χ2v) is 3.37. The first-order chi connectivity index (χ1) is 6.33. The largest absolute Gasteiger partial charge is 0.216 e. The molecule has 2 heteroatoms. The summed E-state index contributed by atoms with van der Waals surface area (Å²) in [5, 5.41) is 0. The average molecular weight is 196 g/mol. The number of benzene rings is 1. The van der Waals surface area contributed by atoms with Crippen LogP contribution in [0.4, 0.5) is 0 Å². The van der Waals surface area contributed by atoms with E-state index < -0.39 is 0 Å². The maximum absolute atomic E-state index is 5.89. The highest BCUT2D eigenvalue weighted by molar-refractivity contribution is 6.13. The van der Waals surface area contributed by atoms with Gasteiger partial charge < -0.3 is 0 Å². The van der Waals surface area contributed by atoms with Gasteiger partial charge in [0.25, 0.3) is 0 Å². The van der Waals surface area contributed by atoms with E-state index in [1.54, 1.807) is 10.5 Å². The van der Waals surface area contributed by atoms with Crippen LogP contribution in [0.25, 0.3) is 0 Å². The Hall–Kier alpha value is -0.790. The lowest BCUT2D eigenvalue weighted by atomic mass is 10.1. The van der Waals surface area contributed by atoms with Crippen LogP contribution in [-0.2, 0) is 6.42 Å². The van der Waals surface area contributed by atoms with Crippen molar-refractivity contribution in [1.82, 2.24) is 4.42 Å². The van der Waals surface area contributed by atoms with Gasteiger partial charge >= 0.3 is 0 Å². The molecular weight excluding hydrogens is 182 g/mol. The smallest absolute Gasteiger partial charge is 0.0317 e. The maximum Gasteiger partial charge on any atom is 0.0317 e. The van der Waals surface area contributed by atoms with Crippen LogP contribution in [0, 0.1) is 0 Å². The molecule has 1 rings (SSSR count). The Morgan fingerprint density at radius 3 is 2.62 bits per heavy atom. The highest BCUT2D eigenvalue weighted by Gasteiger charge is 1.97. The van der Waals surface area contributed by atoms with Crippen LogP contribution in [0.1, 0.15) is 5.56 Å². The Balaban J connectivity index is 2.30. The molecule has 0 amide bonds. The van der Waals surface area contributed by atoms with Gasteiger partial charge in [-0.2, -0.15) is 0 Å². The molecule has 0 N–H and O–H groups in total. The van der Waals surface area contributed by atoms with Gasteiger partial charge in [-0.1, -0.05) is 36.4 Å². The van der Waals surface area contributed by atoms with Crippen molar-refractivity contribution >= 4 is 11.8 Å². The molecule has 1 aromatic rings. The second-order valence-electron chi connectivity index (χ2n) is 2.89. The van der Waals surface area contributed by atoms with Crippen LogP contribution >= 0.6 is 11.8 Å². The minimum absolute atomic E-state index is 0.731. The van der Waals surface area contributed by atoms with Gasteiger partial charge in [-0.25, -0.2) is 4.42 Å². The molecular formula is C11H14ClN. The fourth-order valence-electron chi connectivity index (χ4n) is 1.13. The summed E-state index contributed by atoms with van der Waals surface area (Å²) < 4.78 is 1.74. The van der Waals surface area contributed by atoms with Crippen molar-refractivity contribution < 1.29 is 0 Å². The van der Waals surface area contributed by atoms with Gasteiger partial charge in [-0.3, -0.25) is 0 Å².